The molecule has 3 aliphatic rings. The highest BCUT2D eigenvalue weighted by Crippen LogP contribution is 2.53. The largest absolute Gasteiger partial charge is 0.297 e. The molecule has 2 amide bonds. The number of hydrogen-bond acceptors (Lipinski definition) is 5. The summed E-state index contributed by atoms with van der Waals surface area (Å²) in [5.74, 6) is -2.05. The molecular weight excluding hydrogens is 378 g/mol. The highest BCUT2D eigenvalue weighted by molar-refractivity contribution is 6.24. The number of hydrogen-bond donors (Lipinski definition) is 0. The zero-order valence-electron chi connectivity index (χ0n) is 17.1. The van der Waals surface area contributed by atoms with Crippen molar-refractivity contribution in [3.05, 3.63) is 65.7 Å². The van der Waals surface area contributed by atoms with Crippen LogP contribution < -0.4 is 4.90 Å². The Bertz CT molecular complexity index is 1090. The van der Waals surface area contributed by atoms with Crippen LogP contribution in [0, 0.1) is 17.3 Å². The van der Waals surface area contributed by atoms with Gasteiger partial charge in [0.2, 0.25) is 11.8 Å². The van der Waals surface area contributed by atoms with Gasteiger partial charge in [0.15, 0.2) is 5.78 Å². The first kappa shape index (κ1) is 18.7. The van der Waals surface area contributed by atoms with Gasteiger partial charge in [-0.3, -0.25) is 19.4 Å². The molecule has 2 aromatic rings. The number of amides is 2. The number of ketones is 1. The molecule has 30 heavy (non-hydrogen) atoms. The van der Waals surface area contributed by atoms with Crippen molar-refractivity contribution in [1.29, 1.82) is 0 Å². The second-order valence-corrected chi connectivity index (χ2v) is 9.16. The first-order chi connectivity index (χ1) is 14.3. The van der Waals surface area contributed by atoms with Gasteiger partial charge in [0.25, 0.3) is 0 Å². The van der Waals surface area contributed by atoms with Crippen LogP contribution in [0.25, 0.3) is 0 Å². The Morgan fingerprint density at radius 2 is 1.53 bits per heavy atom. The van der Waals surface area contributed by atoms with Gasteiger partial charge in [-0.25, -0.2) is 4.90 Å². The summed E-state index contributed by atoms with van der Waals surface area (Å²) >= 11 is 0. The number of Topliss-reactive ketones (excluding diaryl/α,β-unsaturated/α-hetero) is 1. The zero-order valence-corrected chi connectivity index (χ0v) is 17.1. The number of nitrogens with zero attached hydrogens (tertiary/aromatic N) is 3. The van der Waals surface area contributed by atoms with Crippen molar-refractivity contribution in [2.24, 2.45) is 22.4 Å². The fraction of sp³-hybridized carbons (Fsp3) is 0.333. The van der Waals surface area contributed by atoms with Gasteiger partial charge in [0.05, 0.1) is 29.8 Å². The van der Waals surface area contributed by atoms with E-state index in [4.69, 9.17) is 0 Å². The summed E-state index contributed by atoms with van der Waals surface area (Å²) in [6, 6.07) is 15.5. The Labute approximate surface area is 175 Å². The summed E-state index contributed by atoms with van der Waals surface area (Å²) in [6.07, 6.45) is 1.72. The van der Waals surface area contributed by atoms with Crippen LogP contribution >= 0.6 is 0 Å². The number of hydrazone groups is 1. The molecule has 6 nitrogen and oxygen atoms in total. The maximum atomic E-state index is 13.6. The first-order valence-corrected chi connectivity index (χ1v) is 10.2. The van der Waals surface area contributed by atoms with Gasteiger partial charge in [-0.2, -0.15) is 5.10 Å². The Morgan fingerprint density at radius 3 is 2.23 bits per heavy atom. The lowest BCUT2D eigenvalue weighted by Crippen LogP contribution is -2.48. The van der Waals surface area contributed by atoms with E-state index in [1.165, 1.54) is 4.90 Å². The van der Waals surface area contributed by atoms with Gasteiger partial charge in [-0.15, -0.1) is 0 Å². The number of imide groups is 1. The fourth-order valence-corrected chi connectivity index (χ4v) is 4.94. The second kappa shape index (κ2) is 6.36. The van der Waals surface area contributed by atoms with Gasteiger partial charge < -0.3 is 0 Å². The van der Waals surface area contributed by atoms with E-state index in [2.05, 4.69) is 5.10 Å². The minimum absolute atomic E-state index is 0.0763. The predicted octanol–water partition coefficient (Wildman–Crippen LogP) is 3.18. The number of para-hydroxylation sites is 1. The molecule has 5 rings (SSSR count). The summed E-state index contributed by atoms with van der Waals surface area (Å²) in [5.41, 5.74) is 1.73. The summed E-state index contributed by atoms with van der Waals surface area (Å²) in [7, 11) is 0. The maximum Gasteiger partial charge on any atom is 0.240 e. The quantitative estimate of drug-likeness (QED) is 0.725. The Hall–Kier alpha value is -3.28. The Kier molecular flexibility index (Phi) is 3.97. The van der Waals surface area contributed by atoms with Crippen LogP contribution in [0.5, 0.6) is 0 Å². The summed E-state index contributed by atoms with van der Waals surface area (Å²) in [4.78, 5) is 41.9. The average Bonchev–Trinajstić information content (AvgIpc) is 3.20. The minimum Gasteiger partial charge on any atom is -0.297 e. The molecule has 152 valence electrons. The Morgan fingerprint density at radius 1 is 0.900 bits per heavy atom. The molecule has 2 aromatic carbocycles. The van der Waals surface area contributed by atoms with Crippen LogP contribution in [-0.4, -0.2) is 34.9 Å². The summed E-state index contributed by atoms with van der Waals surface area (Å²) < 4.78 is 0. The molecule has 0 aliphatic carbocycles. The molecule has 3 aliphatic heterocycles. The number of carbonyl (C=O) groups excluding carboxylic acids is 3. The Balaban J connectivity index is 1.68. The molecule has 0 N–H and O–H groups in total. The molecule has 0 spiro atoms. The van der Waals surface area contributed by atoms with E-state index >= 15 is 0 Å². The number of fused-ring (bicyclic) bond motifs is 5. The van der Waals surface area contributed by atoms with Crippen molar-refractivity contribution in [3.63, 3.8) is 0 Å². The minimum atomic E-state index is -0.769. The van der Waals surface area contributed by atoms with Crippen molar-refractivity contribution in [1.82, 2.24) is 5.01 Å². The van der Waals surface area contributed by atoms with Gasteiger partial charge in [-0.1, -0.05) is 63.2 Å². The lowest BCUT2D eigenvalue weighted by Gasteiger charge is -2.35. The maximum absolute atomic E-state index is 13.6. The van der Waals surface area contributed by atoms with E-state index in [-0.39, 0.29) is 17.6 Å². The molecule has 2 fully saturated rings. The third-order valence-electron chi connectivity index (χ3n) is 6.32. The third-order valence-corrected chi connectivity index (χ3v) is 6.32. The van der Waals surface area contributed by atoms with Crippen molar-refractivity contribution in [3.8, 4) is 0 Å². The van der Waals surface area contributed by atoms with Crippen LogP contribution in [0.3, 0.4) is 0 Å². The van der Waals surface area contributed by atoms with E-state index < -0.39 is 29.3 Å². The van der Waals surface area contributed by atoms with Crippen molar-refractivity contribution >= 4 is 29.5 Å². The van der Waals surface area contributed by atoms with Crippen LogP contribution in [0.4, 0.5) is 5.69 Å². The van der Waals surface area contributed by atoms with E-state index in [0.717, 1.165) is 11.1 Å². The van der Waals surface area contributed by atoms with Crippen molar-refractivity contribution in [2.45, 2.75) is 32.9 Å². The van der Waals surface area contributed by atoms with Gasteiger partial charge in [0, 0.05) is 5.41 Å². The molecular formula is C24H23N3O3. The molecule has 3 heterocycles. The van der Waals surface area contributed by atoms with Crippen molar-refractivity contribution in [2.75, 3.05) is 4.90 Å². The zero-order chi connectivity index (χ0) is 21.2. The molecule has 0 aromatic heterocycles. The first-order valence-electron chi connectivity index (χ1n) is 10.2. The second-order valence-electron chi connectivity index (χ2n) is 9.16. The van der Waals surface area contributed by atoms with Gasteiger partial charge in [-0.05, 0) is 23.3 Å². The van der Waals surface area contributed by atoms with E-state index in [9.17, 15) is 14.4 Å². The number of anilines is 1. The van der Waals surface area contributed by atoms with Crippen molar-refractivity contribution < 1.29 is 14.4 Å². The number of benzene rings is 2. The van der Waals surface area contributed by atoms with E-state index in [0.29, 0.717) is 5.69 Å². The van der Waals surface area contributed by atoms with Gasteiger partial charge in [0.1, 0.15) is 6.04 Å². The molecule has 2 saturated heterocycles. The molecule has 0 bridgehead atoms. The highest BCUT2D eigenvalue weighted by atomic mass is 16.2. The lowest BCUT2D eigenvalue weighted by atomic mass is 9.79. The predicted molar refractivity (Wildman–Crippen MR) is 113 cm³/mol. The van der Waals surface area contributed by atoms with Crippen LogP contribution in [0.2, 0.25) is 0 Å². The molecule has 0 saturated carbocycles. The van der Waals surface area contributed by atoms with E-state index in [1.54, 1.807) is 35.5 Å². The lowest BCUT2D eigenvalue weighted by molar-refractivity contribution is -0.136. The van der Waals surface area contributed by atoms with Crippen LogP contribution in [0.1, 0.15) is 37.9 Å². The average molecular weight is 401 g/mol. The van der Waals surface area contributed by atoms with E-state index in [1.807, 2.05) is 51.1 Å². The molecule has 4 atom stereocenters. The summed E-state index contributed by atoms with van der Waals surface area (Å²) in [5, 5.41) is 6.27. The normalized spacial score (nSPS) is 27.2. The fourth-order valence-electron chi connectivity index (χ4n) is 4.94. The topological polar surface area (TPSA) is 70.0 Å². The molecule has 1 unspecified atom stereocenters. The number of rotatable bonds is 2. The standard InChI is InChI=1S/C24H23N3O3/c1-24(2,3)21(28)20-18-17(19-16-12-8-7-9-14(16)13-25-27(19)20)22(29)26(23(18)30)15-10-5-4-6-11-15/h4-13,17-20H,1-3H3/t17-,18+,19?,20-/m0/s1. The molecule has 6 heteroatoms. The molecule has 0 radical (unpaired) electrons. The highest BCUT2D eigenvalue weighted by Gasteiger charge is 2.66. The SMILES string of the molecule is CC(C)(C)C(=O)[C@@H]1[C@@H]2C(=O)N(c3ccccc3)C(=O)[C@@H]2C2c3ccccc3C=NN21. The van der Waals surface area contributed by atoms with Crippen LogP contribution in [0.15, 0.2) is 59.7 Å². The summed E-state index contributed by atoms with van der Waals surface area (Å²) in [6.45, 7) is 5.53. The number of carbonyl (C=O) groups is 3. The monoisotopic (exact) mass is 401 g/mol. The third kappa shape index (κ3) is 2.49. The smallest absolute Gasteiger partial charge is 0.240 e. The van der Waals surface area contributed by atoms with Gasteiger partial charge >= 0.3 is 0 Å². The van der Waals surface area contributed by atoms with Crippen LogP contribution in [-0.2, 0) is 14.4 Å².